The summed E-state index contributed by atoms with van der Waals surface area (Å²) in [5, 5.41) is 0. The molecular formula is C27H32N4O6. The van der Waals surface area contributed by atoms with Crippen molar-refractivity contribution in [2.24, 2.45) is 11.3 Å². The summed E-state index contributed by atoms with van der Waals surface area (Å²) < 4.78 is 12.8. The van der Waals surface area contributed by atoms with Gasteiger partial charge in [0.25, 0.3) is 5.56 Å². The van der Waals surface area contributed by atoms with E-state index in [2.05, 4.69) is 4.90 Å². The lowest BCUT2D eigenvalue weighted by molar-refractivity contribution is -0.159. The number of likely N-dealkylation sites (tertiary alicyclic amines) is 1. The maximum absolute atomic E-state index is 13.8. The zero-order valence-electron chi connectivity index (χ0n) is 21.6. The van der Waals surface area contributed by atoms with Crippen LogP contribution in [0.2, 0.25) is 0 Å². The van der Waals surface area contributed by atoms with E-state index in [1.54, 1.807) is 37.4 Å². The first-order valence-electron chi connectivity index (χ1n) is 12.4. The third-order valence-corrected chi connectivity index (χ3v) is 8.03. The fourth-order valence-electron chi connectivity index (χ4n) is 6.33. The number of carbonyl (C=O) groups excluding carboxylic acids is 3. The SMILES string of the molecule is COc1ccc(OC)c(CC2(CN3CC4C[C@@H](C3)c3cccc(=O)n3C4)C(=O)N(C)C(=O)N(C)C2=O)c1. The lowest BCUT2D eigenvalue weighted by Gasteiger charge is -2.48. The van der Waals surface area contributed by atoms with Crippen molar-refractivity contribution < 1.29 is 23.9 Å². The van der Waals surface area contributed by atoms with Gasteiger partial charge >= 0.3 is 6.03 Å². The molecule has 3 aliphatic rings. The molecule has 0 saturated carbocycles. The number of ether oxygens (including phenoxy) is 2. The topological polar surface area (TPSA) is 101 Å². The molecule has 2 bridgehead atoms. The Morgan fingerprint density at radius 1 is 0.919 bits per heavy atom. The highest BCUT2D eigenvalue weighted by Crippen LogP contribution is 2.40. The molecule has 4 amide bonds. The molecule has 196 valence electrons. The fraction of sp³-hybridized carbons (Fsp3) is 0.481. The van der Waals surface area contributed by atoms with Gasteiger partial charge in [-0.25, -0.2) is 4.79 Å². The molecule has 0 radical (unpaired) electrons. The minimum atomic E-state index is -1.53. The summed E-state index contributed by atoms with van der Waals surface area (Å²) in [6.07, 6.45) is 1.01. The first kappa shape index (κ1) is 25.0. The summed E-state index contributed by atoms with van der Waals surface area (Å²) in [5.41, 5.74) is 0.108. The van der Waals surface area contributed by atoms with Crippen LogP contribution in [0.1, 0.15) is 23.6 Å². The number of fused-ring (bicyclic) bond motifs is 4. The molecule has 1 aromatic heterocycles. The van der Waals surface area contributed by atoms with Gasteiger partial charge < -0.3 is 18.9 Å². The van der Waals surface area contributed by atoms with Crippen LogP contribution in [-0.4, -0.2) is 85.1 Å². The molecule has 4 heterocycles. The average Bonchev–Trinajstić information content (AvgIpc) is 2.90. The highest BCUT2D eigenvalue weighted by molar-refractivity contribution is 6.19. The summed E-state index contributed by atoms with van der Waals surface area (Å²) in [5.74, 6) is 0.396. The monoisotopic (exact) mass is 508 g/mol. The number of carbonyl (C=O) groups is 3. The van der Waals surface area contributed by atoms with Crippen LogP contribution >= 0.6 is 0 Å². The Kier molecular flexibility index (Phi) is 6.31. The second kappa shape index (κ2) is 9.33. The number of pyridine rings is 1. The first-order chi connectivity index (χ1) is 17.7. The maximum Gasteiger partial charge on any atom is 0.332 e. The van der Waals surface area contributed by atoms with Gasteiger partial charge in [0.2, 0.25) is 11.8 Å². The van der Waals surface area contributed by atoms with E-state index in [1.807, 2.05) is 10.6 Å². The van der Waals surface area contributed by atoms with Crippen LogP contribution in [0.4, 0.5) is 4.79 Å². The minimum absolute atomic E-state index is 0.00152. The predicted molar refractivity (Wildman–Crippen MR) is 135 cm³/mol. The molecule has 0 aliphatic carbocycles. The molecule has 1 aromatic carbocycles. The Hall–Kier alpha value is -3.66. The Labute approximate surface area is 215 Å². The number of barbiturate groups is 1. The summed E-state index contributed by atoms with van der Waals surface area (Å²) >= 11 is 0. The molecule has 5 rings (SSSR count). The second-order valence-corrected chi connectivity index (χ2v) is 10.3. The molecule has 3 aliphatic heterocycles. The number of urea groups is 1. The molecular weight excluding hydrogens is 476 g/mol. The van der Waals surface area contributed by atoms with Crippen molar-refractivity contribution in [3.05, 3.63) is 58.0 Å². The average molecular weight is 509 g/mol. The van der Waals surface area contributed by atoms with E-state index in [0.29, 0.717) is 36.7 Å². The number of hydrogen-bond donors (Lipinski definition) is 0. The normalized spacial score (nSPS) is 23.2. The minimum Gasteiger partial charge on any atom is -0.497 e. The van der Waals surface area contributed by atoms with Crippen molar-refractivity contribution in [2.45, 2.75) is 25.3 Å². The van der Waals surface area contributed by atoms with Crippen LogP contribution in [0.5, 0.6) is 11.5 Å². The van der Waals surface area contributed by atoms with Crippen molar-refractivity contribution in [1.82, 2.24) is 19.3 Å². The van der Waals surface area contributed by atoms with Crippen molar-refractivity contribution in [3.63, 3.8) is 0 Å². The predicted octanol–water partition coefficient (Wildman–Crippen LogP) is 1.56. The van der Waals surface area contributed by atoms with Crippen molar-refractivity contribution in [3.8, 4) is 11.5 Å². The number of benzene rings is 1. The Balaban J connectivity index is 1.54. The van der Waals surface area contributed by atoms with E-state index in [9.17, 15) is 19.2 Å². The van der Waals surface area contributed by atoms with Gasteiger partial charge in [-0.15, -0.1) is 0 Å². The Morgan fingerprint density at radius 3 is 2.32 bits per heavy atom. The maximum atomic E-state index is 13.8. The molecule has 2 fully saturated rings. The lowest BCUT2D eigenvalue weighted by atomic mass is 9.75. The second-order valence-electron chi connectivity index (χ2n) is 10.3. The van der Waals surface area contributed by atoms with Gasteiger partial charge in [-0.3, -0.25) is 24.2 Å². The lowest BCUT2D eigenvalue weighted by Crippen LogP contribution is -2.67. The van der Waals surface area contributed by atoms with Crippen LogP contribution in [-0.2, 0) is 22.6 Å². The van der Waals surface area contributed by atoms with E-state index in [1.165, 1.54) is 21.2 Å². The number of piperidine rings is 1. The standard InChI is InChI=1S/C27H32N4O6/c1-28-24(33)27(25(34)29(2)26(28)35,12-18-11-20(36-3)8-9-22(18)37-4)16-30-13-17-10-19(15-30)21-6-5-7-23(32)31(21)14-17/h5-9,11,17,19H,10,12-16H2,1-4H3/t17?,19-/m0/s1. The van der Waals surface area contributed by atoms with E-state index in [0.717, 1.165) is 21.9 Å². The summed E-state index contributed by atoms with van der Waals surface area (Å²) in [6, 6.07) is 9.98. The molecule has 37 heavy (non-hydrogen) atoms. The summed E-state index contributed by atoms with van der Waals surface area (Å²) in [4.78, 5) is 57.0. The Morgan fingerprint density at radius 2 is 1.65 bits per heavy atom. The number of aromatic nitrogens is 1. The molecule has 0 N–H and O–H groups in total. The fourth-order valence-corrected chi connectivity index (χ4v) is 6.33. The summed E-state index contributed by atoms with van der Waals surface area (Å²) in [7, 11) is 5.92. The van der Waals surface area contributed by atoms with Crippen LogP contribution in [0, 0.1) is 11.3 Å². The van der Waals surface area contributed by atoms with Gasteiger partial charge in [0.05, 0.1) is 14.2 Å². The van der Waals surface area contributed by atoms with Crippen LogP contribution in [0.3, 0.4) is 0 Å². The summed E-state index contributed by atoms with van der Waals surface area (Å²) in [6.45, 7) is 2.02. The van der Waals surface area contributed by atoms with Gasteiger partial charge in [0, 0.05) is 64.4 Å². The van der Waals surface area contributed by atoms with Gasteiger partial charge in [0.1, 0.15) is 16.9 Å². The van der Waals surface area contributed by atoms with Crippen molar-refractivity contribution in [1.29, 1.82) is 0 Å². The third kappa shape index (κ3) is 4.09. The van der Waals surface area contributed by atoms with Crippen molar-refractivity contribution >= 4 is 17.8 Å². The zero-order chi connectivity index (χ0) is 26.5. The number of methoxy groups -OCH3 is 2. The third-order valence-electron chi connectivity index (χ3n) is 8.03. The Bertz CT molecular complexity index is 1300. The quantitative estimate of drug-likeness (QED) is 0.546. The van der Waals surface area contributed by atoms with E-state index < -0.39 is 23.3 Å². The molecule has 2 atom stereocenters. The van der Waals surface area contributed by atoms with Gasteiger partial charge in [0.15, 0.2) is 0 Å². The van der Waals surface area contributed by atoms with Crippen molar-refractivity contribution in [2.75, 3.05) is 47.9 Å². The zero-order valence-corrected chi connectivity index (χ0v) is 21.6. The van der Waals surface area contributed by atoms with E-state index in [-0.39, 0.29) is 30.4 Å². The van der Waals surface area contributed by atoms with Crippen LogP contribution < -0.4 is 15.0 Å². The van der Waals surface area contributed by atoms with Gasteiger partial charge in [-0.2, -0.15) is 0 Å². The van der Waals surface area contributed by atoms with Gasteiger partial charge in [-0.1, -0.05) is 6.07 Å². The number of rotatable bonds is 6. The number of amides is 4. The van der Waals surface area contributed by atoms with Crippen LogP contribution in [0.25, 0.3) is 0 Å². The van der Waals surface area contributed by atoms with Crippen LogP contribution in [0.15, 0.2) is 41.2 Å². The highest BCUT2D eigenvalue weighted by Gasteiger charge is 2.57. The molecule has 0 spiro atoms. The number of imide groups is 2. The largest absolute Gasteiger partial charge is 0.497 e. The van der Waals surface area contributed by atoms with E-state index >= 15 is 0 Å². The first-order valence-corrected chi connectivity index (χ1v) is 12.4. The smallest absolute Gasteiger partial charge is 0.332 e. The van der Waals surface area contributed by atoms with E-state index in [4.69, 9.17) is 9.47 Å². The number of hydrogen-bond acceptors (Lipinski definition) is 7. The molecule has 2 saturated heterocycles. The van der Waals surface area contributed by atoms with Gasteiger partial charge in [-0.05, 0) is 42.2 Å². The highest BCUT2D eigenvalue weighted by atomic mass is 16.5. The molecule has 10 nitrogen and oxygen atoms in total. The molecule has 2 aromatic rings. The number of nitrogens with zero attached hydrogens (tertiary/aromatic N) is 4. The molecule has 1 unspecified atom stereocenters. The molecule has 10 heteroatoms.